The van der Waals surface area contributed by atoms with Gasteiger partial charge < -0.3 is 0 Å². The summed E-state index contributed by atoms with van der Waals surface area (Å²) in [6.45, 7) is 3.63. The van der Waals surface area contributed by atoms with E-state index in [1.54, 1.807) is 31.2 Å². The van der Waals surface area contributed by atoms with E-state index in [4.69, 9.17) is 11.6 Å². The van der Waals surface area contributed by atoms with Gasteiger partial charge in [-0.25, -0.2) is 8.42 Å². The Balaban J connectivity index is 2.39. The normalized spacial score (nSPS) is 11.6. The largest absolute Gasteiger partial charge is 0.279 e. The highest BCUT2D eigenvalue weighted by Crippen LogP contribution is 2.32. The van der Waals surface area contributed by atoms with E-state index in [-0.39, 0.29) is 4.21 Å². The van der Waals surface area contributed by atoms with Gasteiger partial charge in [-0.3, -0.25) is 4.72 Å². The van der Waals surface area contributed by atoms with Crippen LogP contribution in [0.15, 0.2) is 32.3 Å². The van der Waals surface area contributed by atoms with Crippen LogP contribution in [0.1, 0.15) is 11.1 Å². The first-order valence-corrected chi connectivity index (χ1v) is 8.82. The van der Waals surface area contributed by atoms with Crippen molar-refractivity contribution < 1.29 is 8.42 Å². The summed E-state index contributed by atoms with van der Waals surface area (Å²) >= 11 is 10.5. The van der Waals surface area contributed by atoms with E-state index in [1.165, 1.54) is 11.3 Å². The van der Waals surface area contributed by atoms with Gasteiger partial charge in [-0.05, 0) is 59.1 Å². The summed E-state index contributed by atoms with van der Waals surface area (Å²) < 4.78 is 28.2. The Bertz CT molecular complexity index is 706. The highest BCUT2D eigenvalue weighted by Gasteiger charge is 2.19. The summed E-state index contributed by atoms with van der Waals surface area (Å²) in [4.78, 5) is 0. The van der Waals surface area contributed by atoms with Gasteiger partial charge >= 0.3 is 0 Å². The Labute approximate surface area is 129 Å². The van der Waals surface area contributed by atoms with Gasteiger partial charge in [-0.2, -0.15) is 0 Å². The predicted octanol–water partition coefficient (Wildman–Crippen LogP) is 4.58. The van der Waals surface area contributed by atoms with Crippen molar-refractivity contribution in [1.29, 1.82) is 0 Å². The zero-order valence-electron chi connectivity index (χ0n) is 10.2. The monoisotopic (exact) mass is 379 g/mol. The predicted molar refractivity (Wildman–Crippen MR) is 83.8 cm³/mol. The molecule has 1 heterocycles. The molecular formula is C12H11BrClNO2S2. The Kier molecular flexibility index (Phi) is 4.25. The molecule has 1 aromatic heterocycles. The van der Waals surface area contributed by atoms with Crippen molar-refractivity contribution in [2.75, 3.05) is 4.72 Å². The number of thiophene rings is 1. The lowest BCUT2D eigenvalue weighted by Crippen LogP contribution is -2.12. The van der Waals surface area contributed by atoms with Gasteiger partial charge in [0.05, 0.1) is 9.47 Å². The van der Waals surface area contributed by atoms with Crippen molar-refractivity contribution in [2.45, 2.75) is 18.1 Å². The van der Waals surface area contributed by atoms with Crippen LogP contribution >= 0.6 is 38.9 Å². The Hall–Kier alpha value is -0.560. The van der Waals surface area contributed by atoms with E-state index < -0.39 is 10.0 Å². The first kappa shape index (κ1) is 14.8. The lowest BCUT2D eigenvalue weighted by molar-refractivity contribution is 0.603. The maximum Gasteiger partial charge on any atom is 0.271 e. The summed E-state index contributed by atoms with van der Waals surface area (Å²) in [5, 5.41) is 0.531. The fraction of sp³-hybridized carbons (Fsp3) is 0.167. The van der Waals surface area contributed by atoms with Crippen LogP contribution in [-0.4, -0.2) is 8.42 Å². The van der Waals surface area contributed by atoms with E-state index in [0.717, 1.165) is 9.35 Å². The fourth-order valence-electron chi connectivity index (χ4n) is 1.48. The zero-order valence-corrected chi connectivity index (χ0v) is 14.2. The molecule has 7 heteroatoms. The molecule has 0 amide bonds. The van der Waals surface area contributed by atoms with Crippen LogP contribution in [0.3, 0.4) is 0 Å². The molecule has 0 saturated carbocycles. The van der Waals surface area contributed by atoms with Crippen LogP contribution in [0.25, 0.3) is 0 Å². The first-order chi connectivity index (χ1) is 8.81. The molecule has 0 bridgehead atoms. The highest BCUT2D eigenvalue weighted by molar-refractivity contribution is 9.11. The number of halogens is 2. The van der Waals surface area contributed by atoms with E-state index >= 15 is 0 Å². The SMILES string of the molecule is Cc1cc(S(=O)(=O)Nc2cccc(Cl)c2C)sc1Br. The average molecular weight is 381 g/mol. The number of aryl methyl sites for hydroxylation is 1. The molecule has 1 N–H and O–H groups in total. The molecule has 0 saturated heterocycles. The number of hydrogen-bond acceptors (Lipinski definition) is 3. The van der Waals surface area contributed by atoms with E-state index in [1.807, 2.05) is 6.92 Å². The minimum absolute atomic E-state index is 0.274. The maximum atomic E-state index is 12.3. The molecule has 0 fully saturated rings. The molecule has 1 aromatic carbocycles. The molecule has 0 aliphatic rings. The van der Waals surface area contributed by atoms with Crippen molar-refractivity contribution in [1.82, 2.24) is 0 Å². The van der Waals surface area contributed by atoms with E-state index in [9.17, 15) is 8.42 Å². The molecule has 102 valence electrons. The van der Waals surface area contributed by atoms with Crippen molar-refractivity contribution in [2.24, 2.45) is 0 Å². The average Bonchev–Trinajstić information content (AvgIpc) is 2.66. The van der Waals surface area contributed by atoms with Crippen molar-refractivity contribution in [3.8, 4) is 0 Å². The second kappa shape index (κ2) is 5.44. The number of hydrogen-bond donors (Lipinski definition) is 1. The second-order valence-corrected chi connectivity index (χ2v) is 8.73. The molecule has 0 spiro atoms. The third kappa shape index (κ3) is 3.13. The quantitative estimate of drug-likeness (QED) is 0.847. The lowest BCUT2D eigenvalue weighted by atomic mass is 10.2. The summed E-state index contributed by atoms with van der Waals surface area (Å²) in [5.41, 5.74) is 2.10. The van der Waals surface area contributed by atoms with Gasteiger partial charge in [0.15, 0.2) is 0 Å². The van der Waals surface area contributed by atoms with Gasteiger partial charge in [0.25, 0.3) is 10.0 Å². The molecule has 0 radical (unpaired) electrons. The van der Waals surface area contributed by atoms with Crippen molar-refractivity contribution >= 4 is 54.6 Å². The number of anilines is 1. The third-order valence-electron chi connectivity index (χ3n) is 2.61. The third-order valence-corrected chi connectivity index (χ3v) is 7.00. The van der Waals surface area contributed by atoms with E-state index in [2.05, 4.69) is 20.7 Å². The maximum absolute atomic E-state index is 12.3. The summed E-state index contributed by atoms with van der Waals surface area (Å²) in [5.74, 6) is 0. The minimum atomic E-state index is -3.57. The smallest absolute Gasteiger partial charge is 0.271 e. The Morgan fingerprint density at radius 2 is 2.00 bits per heavy atom. The lowest BCUT2D eigenvalue weighted by Gasteiger charge is -2.10. The topological polar surface area (TPSA) is 46.2 Å². The molecule has 0 atom stereocenters. The minimum Gasteiger partial charge on any atom is -0.279 e. The van der Waals surface area contributed by atoms with Crippen molar-refractivity contribution in [3.63, 3.8) is 0 Å². The Morgan fingerprint density at radius 3 is 2.58 bits per heavy atom. The van der Waals surface area contributed by atoms with Crippen LogP contribution in [0, 0.1) is 13.8 Å². The summed E-state index contributed by atoms with van der Waals surface area (Å²) in [6.07, 6.45) is 0. The molecule has 2 aromatic rings. The summed E-state index contributed by atoms with van der Waals surface area (Å²) in [7, 11) is -3.57. The molecule has 0 unspecified atom stereocenters. The number of rotatable bonds is 3. The van der Waals surface area contributed by atoms with Crippen LogP contribution in [0.2, 0.25) is 5.02 Å². The molecule has 2 rings (SSSR count). The molecule has 0 aliphatic carbocycles. The van der Waals surface area contributed by atoms with Gasteiger partial charge in [-0.15, -0.1) is 11.3 Å². The molecule has 19 heavy (non-hydrogen) atoms. The first-order valence-electron chi connectivity index (χ1n) is 5.35. The van der Waals surface area contributed by atoms with Gasteiger partial charge in [0.1, 0.15) is 4.21 Å². The second-order valence-electron chi connectivity index (χ2n) is 4.04. The van der Waals surface area contributed by atoms with Crippen LogP contribution in [0.5, 0.6) is 0 Å². The molecule has 0 aliphatic heterocycles. The number of benzene rings is 1. The Morgan fingerprint density at radius 1 is 1.32 bits per heavy atom. The van der Waals surface area contributed by atoms with Crippen LogP contribution in [0.4, 0.5) is 5.69 Å². The van der Waals surface area contributed by atoms with Gasteiger partial charge in [0.2, 0.25) is 0 Å². The van der Waals surface area contributed by atoms with E-state index in [0.29, 0.717) is 16.3 Å². The van der Waals surface area contributed by atoms with Gasteiger partial charge in [-0.1, -0.05) is 17.7 Å². The number of nitrogens with one attached hydrogen (secondary N) is 1. The number of sulfonamides is 1. The standard InChI is InChI=1S/C12H11BrClNO2S2/c1-7-6-11(18-12(7)13)19(16,17)15-10-5-3-4-9(14)8(10)2/h3-6,15H,1-2H3. The molecular weight excluding hydrogens is 370 g/mol. The van der Waals surface area contributed by atoms with Crippen LogP contribution in [-0.2, 0) is 10.0 Å². The molecule has 3 nitrogen and oxygen atoms in total. The van der Waals surface area contributed by atoms with Gasteiger partial charge in [0, 0.05) is 5.02 Å². The van der Waals surface area contributed by atoms with Crippen LogP contribution < -0.4 is 4.72 Å². The summed E-state index contributed by atoms with van der Waals surface area (Å²) in [6, 6.07) is 6.76. The fourth-order valence-corrected chi connectivity index (χ4v) is 5.00. The highest BCUT2D eigenvalue weighted by atomic mass is 79.9. The zero-order chi connectivity index (χ0) is 14.2. The van der Waals surface area contributed by atoms with Crippen molar-refractivity contribution in [3.05, 3.63) is 44.2 Å².